The van der Waals surface area contributed by atoms with Crippen molar-refractivity contribution >= 4 is 29.1 Å². The zero-order valence-electron chi connectivity index (χ0n) is 15.8. The summed E-state index contributed by atoms with van der Waals surface area (Å²) in [6.45, 7) is 4.04. The Morgan fingerprint density at radius 1 is 1.04 bits per heavy atom. The largest absolute Gasteiger partial charge is 0.345 e. The van der Waals surface area contributed by atoms with E-state index in [0.29, 0.717) is 54.5 Å². The van der Waals surface area contributed by atoms with E-state index in [1.807, 2.05) is 13.1 Å². The molecule has 0 aliphatic carbocycles. The Balaban J connectivity index is 1.49. The Hall–Kier alpha value is -2.87. The maximum atomic E-state index is 13.0. The summed E-state index contributed by atoms with van der Waals surface area (Å²) >= 11 is 6.00. The van der Waals surface area contributed by atoms with E-state index in [1.54, 1.807) is 50.6 Å². The molecule has 0 aromatic carbocycles. The summed E-state index contributed by atoms with van der Waals surface area (Å²) in [7, 11) is 1.80. The lowest BCUT2D eigenvalue weighted by atomic mass is 10.2. The van der Waals surface area contributed by atoms with Gasteiger partial charge in [-0.05, 0) is 25.0 Å². The highest BCUT2D eigenvalue weighted by molar-refractivity contribution is 6.31. The number of hydrogen-bond acceptors (Lipinski definition) is 4. The van der Waals surface area contributed by atoms with Crippen molar-refractivity contribution < 1.29 is 9.59 Å². The fraction of sp³-hybridized carbons (Fsp3) is 0.368. The van der Waals surface area contributed by atoms with E-state index < -0.39 is 0 Å². The Kier molecular flexibility index (Phi) is 4.80. The zero-order valence-corrected chi connectivity index (χ0v) is 16.6. The van der Waals surface area contributed by atoms with E-state index in [-0.39, 0.29) is 11.8 Å². The average molecular weight is 401 g/mol. The second kappa shape index (κ2) is 7.27. The maximum Gasteiger partial charge on any atom is 0.270 e. The normalized spacial score (nSPS) is 15.1. The summed E-state index contributed by atoms with van der Waals surface area (Å²) in [5, 5.41) is 4.78. The monoisotopic (exact) mass is 400 g/mol. The third-order valence-corrected chi connectivity index (χ3v) is 5.18. The first kappa shape index (κ1) is 18.5. The van der Waals surface area contributed by atoms with Gasteiger partial charge in [-0.1, -0.05) is 11.6 Å². The molecule has 9 heteroatoms. The summed E-state index contributed by atoms with van der Waals surface area (Å²) in [6.07, 6.45) is 7.54. The molecule has 3 aromatic rings. The number of nitrogens with zero attached hydrogens (tertiary/aromatic N) is 6. The fourth-order valence-electron chi connectivity index (χ4n) is 3.51. The Morgan fingerprint density at radius 2 is 1.75 bits per heavy atom. The van der Waals surface area contributed by atoms with Gasteiger partial charge in [-0.25, -0.2) is 9.50 Å². The minimum Gasteiger partial charge on any atom is -0.345 e. The summed E-state index contributed by atoms with van der Waals surface area (Å²) < 4.78 is 3.35. The van der Waals surface area contributed by atoms with Gasteiger partial charge in [-0.15, -0.1) is 0 Å². The highest BCUT2D eigenvalue weighted by Gasteiger charge is 2.26. The van der Waals surface area contributed by atoms with Gasteiger partial charge in [-0.3, -0.25) is 9.59 Å². The van der Waals surface area contributed by atoms with Crippen molar-refractivity contribution in [1.82, 2.24) is 29.0 Å². The van der Waals surface area contributed by atoms with Crippen LogP contribution in [0.4, 0.5) is 0 Å². The highest BCUT2D eigenvalue weighted by Crippen LogP contribution is 2.17. The van der Waals surface area contributed by atoms with Crippen LogP contribution in [0.3, 0.4) is 0 Å². The Labute approximate surface area is 167 Å². The van der Waals surface area contributed by atoms with Crippen molar-refractivity contribution in [1.29, 1.82) is 0 Å². The van der Waals surface area contributed by atoms with Crippen molar-refractivity contribution in [2.24, 2.45) is 7.05 Å². The fourth-order valence-corrected chi connectivity index (χ4v) is 3.76. The summed E-state index contributed by atoms with van der Waals surface area (Å²) in [5.41, 5.74) is 2.55. The van der Waals surface area contributed by atoms with Crippen molar-refractivity contribution in [2.75, 3.05) is 26.2 Å². The Morgan fingerprint density at radius 3 is 2.43 bits per heavy atom. The lowest BCUT2D eigenvalue weighted by Crippen LogP contribution is -2.37. The van der Waals surface area contributed by atoms with Crippen LogP contribution in [0.2, 0.25) is 5.02 Å². The molecule has 4 heterocycles. The number of amides is 2. The SMILES string of the molecule is Cc1cnc2c(C(=O)N3CCCN(C(=O)c4cc(Cl)cn4C)CC3)cnn2c1. The van der Waals surface area contributed by atoms with Crippen LogP contribution in [0.15, 0.2) is 30.9 Å². The van der Waals surface area contributed by atoms with E-state index >= 15 is 0 Å². The molecule has 1 saturated heterocycles. The molecule has 1 aliphatic rings. The molecule has 2 amide bonds. The number of fused-ring (bicyclic) bond motifs is 1. The second-order valence-corrected chi connectivity index (χ2v) is 7.49. The number of rotatable bonds is 2. The molecule has 0 bridgehead atoms. The maximum absolute atomic E-state index is 13.0. The molecule has 3 aromatic heterocycles. The average Bonchev–Trinajstić information content (AvgIpc) is 3.12. The molecule has 1 aliphatic heterocycles. The van der Waals surface area contributed by atoms with Crippen molar-refractivity contribution in [3.63, 3.8) is 0 Å². The van der Waals surface area contributed by atoms with Gasteiger partial charge in [0.1, 0.15) is 11.3 Å². The molecule has 0 saturated carbocycles. The number of halogens is 1. The topological polar surface area (TPSA) is 75.7 Å². The highest BCUT2D eigenvalue weighted by atomic mass is 35.5. The van der Waals surface area contributed by atoms with Crippen LogP contribution in [-0.4, -0.2) is 67.0 Å². The number of aryl methyl sites for hydroxylation is 2. The molecule has 8 nitrogen and oxygen atoms in total. The van der Waals surface area contributed by atoms with Gasteiger partial charge in [-0.2, -0.15) is 5.10 Å². The van der Waals surface area contributed by atoms with Gasteiger partial charge >= 0.3 is 0 Å². The van der Waals surface area contributed by atoms with Gasteiger partial charge in [0, 0.05) is 51.8 Å². The lowest BCUT2D eigenvalue weighted by molar-refractivity contribution is 0.0714. The molecule has 4 rings (SSSR count). The van der Waals surface area contributed by atoms with Crippen LogP contribution in [0, 0.1) is 6.92 Å². The number of carbonyl (C=O) groups excluding carboxylic acids is 2. The summed E-state index contributed by atoms with van der Waals surface area (Å²) in [4.78, 5) is 33.7. The van der Waals surface area contributed by atoms with Crippen LogP contribution in [0.25, 0.3) is 5.65 Å². The minimum atomic E-state index is -0.109. The number of aromatic nitrogens is 4. The smallest absolute Gasteiger partial charge is 0.270 e. The van der Waals surface area contributed by atoms with Crippen LogP contribution in [0.1, 0.15) is 32.8 Å². The quantitative estimate of drug-likeness (QED) is 0.659. The molecule has 0 spiro atoms. The third kappa shape index (κ3) is 3.35. The standard InChI is InChI=1S/C19H21ClN6O2/c1-13-9-21-17-15(10-22-26(17)11-13)18(27)24-4-3-5-25(7-6-24)19(28)16-8-14(20)12-23(16)2/h8-12H,3-7H2,1-2H3. The molecule has 0 unspecified atom stereocenters. The van der Waals surface area contributed by atoms with E-state index in [1.165, 1.54) is 0 Å². The van der Waals surface area contributed by atoms with Gasteiger partial charge in [0.25, 0.3) is 11.8 Å². The summed E-state index contributed by atoms with van der Waals surface area (Å²) in [5.74, 6) is -0.181. The van der Waals surface area contributed by atoms with Crippen LogP contribution in [0.5, 0.6) is 0 Å². The second-order valence-electron chi connectivity index (χ2n) is 7.05. The van der Waals surface area contributed by atoms with Gasteiger partial charge in [0.15, 0.2) is 5.65 Å². The van der Waals surface area contributed by atoms with Crippen molar-refractivity contribution in [3.05, 3.63) is 52.7 Å². The first-order valence-electron chi connectivity index (χ1n) is 9.14. The van der Waals surface area contributed by atoms with Crippen molar-refractivity contribution in [3.8, 4) is 0 Å². The van der Waals surface area contributed by atoms with Crippen LogP contribution >= 0.6 is 11.6 Å². The van der Waals surface area contributed by atoms with Gasteiger partial charge < -0.3 is 14.4 Å². The Bertz CT molecular complexity index is 1060. The van der Waals surface area contributed by atoms with Crippen molar-refractivity contribution in [2.45, 2.75) is 13.3 Å². The molecule has 146 valence electrons. The number of hydrogen-bond donors (Lipinski definition) is 0. The van der Waals surface area contributed by atoms with E-state index in [9.17, 15) is 9.59 Å². The zero-order chi connectivity index (χ0) is 19.8. The molecule has 0 atom stereocenters. The molecule has 0 N–H and O–H groups in total. The van der Waals surface area contributed by atoms with Gasteiger partial charge in [0.2, 0.25) is 0 Å². The number of carbonyl (C=O) groups is 2. The van der Waals surface area contributed by atoms with Crippen LogP contribution in [-0.2, 0) is 7.05 Å². The molecular formula is C19H21ClN6O2. The molecular weight excluding hydrogens is 380 g/mol. The first-order valence-corrected chi connectivity index (χ1v) is 9.52. The molecule has 28 heavy (non-hydrogen) atoms. The minimum absolute atomic E-state index is 0.0724. The molecule has 0 radical (unpaired) electrons. The van der Waals surface area contributed by atoms with E-state index in [0.717, 1.165) is 5.56 Å². The van der Waals surface area contributed by atoms with Gasteiger partial charge in [0.05, 0.1) is 11.2 Å². The lowest BCUT2D eigenvalue weighted by Gasteiger charge is -2.22. The van der Waals surface area contributed by atoms with E-state index in [4.69, 9.17) is 11.6 Å². The van der Waals surface area contributed by atoms with Crippen LogP contribution < -0.4 is 0 Å². The van der Waals surface area contributed by atoms with E-state index in [2.05, 4.69) is 10.1 Å². The third-order valence-electron chi connectivity index (χ3n) is 4.98. The molecule has 1 fully saturated rings. The predicted molar refractivity (Wildman–Crippen MR) is 105 cm³/mol. The summed E-state index contributed by atoms with van der Waals surface area (Å²) in [6, 6.07) is 1.67. The first-order chi connectivity index (χ1) is 13.4. The predicted octanol–water partition coefficient (Wildman–Crippen LogP) is 2.02.